The number of rotatable bonds is 6. The fourth-order valence-corrected chi connectivity index (χ4v) is 0.817. The van der Waals surface area contributed by atoms with Crippen molar-refractivity contribution in [3.05, 3.63) is 0 Å². The van der Waals surface area contributed by atoms with Crippen LogP contribution in [0.4, 0.5) is 0 Å². The second-order valence-corrected chi connectivity index (χ2v) is 4.24. The molecule has 0 aromatic rings. The van der Waals surface area contributed by atoms with Gasteiger partial charge in [-0.1, -0.05) is 19.8 Å². The number of hydrogen-bond donors (Lipinski definition) is 1. The van der Waals surface area contributed by atoms with Gasteiger partial charge >= 0.3 is 0 Å². The van der Waals surface area contributed by atoms with Crippen molar-refractivity contribution in [3.8, 4) is 0 Å². The van der Waals surface area contributed by atoms with Crippen LogP contribution in [0.5, 0.6) is 0 Å². The molecule has 0 amide bonds. The molecule has 13 heavy (non-hydrogen) atoms. The van der Waals surface area contributed by atoms with Crippen molar-refractivity contribution in [2.75, 3.05) is 0 Å². The number of unbranched alkanes of at least 4 members (excludes halogenated alkanes) is 2. The molecule has 0 aliphatic rings. The summed E-state index contributed by atoms with van der Waals surface area (Å²) in [5.41, 5.74) is -0.355. The van der Waals surface area contributed by atoms with E-state index in [1.807, 2.05) is 20.8 Å². The topological polar surface area (TPSA) is 38.7 Å². The van der Waals surface area contributed by atoms with E-state index in [1.54, 1.807) is 0 Å². The maximum absolute atomic E-state index is 9.29. The second-order valence-electron chi connectivity index (χ2n) is 4.24. The van der Waals surface area contributed by atoms with E-state index in [0.29, 0.717) is 6.42 Å². The van der Waals surface area contributed by atoms with Gasteiger partial charge in [-0.05, 0) is 27.2 Å². The minimum atomic E-state index is -0.786. The number of aliphatic hydroxyl groups is 1. The molecule has 0 spiro atoms. The molecule has 0 saturated heterocycles. The number of hydrogen-bond acceptors (Lipinski definition) is 3. The molecule has 0 aliphatic carbocycles. The zero-order chi connectivity index (χ0) is 10.3. The van der Waals surface area contributed by atoms with Gasteiger partial charge in [0.25, 0.3) is 0 Å². The van der Waals surface area contributed by atoms with Crippen molar-refractivity contribution in [3.63, 3.8) is 0 Å². The molecule has 0 radical (unpaired) electrons. The highest BCUT2D eigenvalue weighted by Crippen LogP contribution is 2.11. The lowest BCUT2D eigenvalue weighted by Gasteiger charge is -2.20. The van der Waals surface area contributed by atoms with Gasteiger partial charge in [0.15, 0.2) is 6.29 Å². The van der Waals surface area contributed by atoms with Gasteiger partial charge in [-0.3, -0.25) is 0 Å². The molecule has 3 heteroatoms. The molecule has 0 rings (SSSR count). The zero-order valence-corrected chi connectivity index (χ0v) is 9.17. The minimum absolute atomic E-state index is 0.355. The van der Waals surface area contributed by atoms with Crippen LogP contribution in [0.3, 0.4) is 0 Å². The molecule has 1 unspecified atom stereocenters. The summed E-state index contributed by atoms with van der Waals surface area (Å²) in [7, 11) is 0. The maximum atomic E-state index is 9.29. The van der Waals surface area contributed by atoms with Gasteiger partial charge < -0.3 is 5.11 Å². The average molecular weight is 190 g/mol. The highest BCUT2D eigenvalue weighted by atomic mass is 17.2. The third-order valence-corrected chi connectivity index (χ3v) is 1.46. The quantitative estimate of drug-likeness (QED) is 0.303. The van der Waals surface area contributed by atoms with Gasteiger partial charge in [0.1, 0.15) is 0 Å². The summed E-state index contributed by atoms with van der Waals surface area (Å²) in [6.07, 6.45) is 3.10. The molecule has 0 aromatic carbocycles. The Kier molecular flexibility index (Phi) is 6.29. The Morgan fingerprint density at radius 2 is 1.85 bits per heavy atom. The Morgan fingerprint density at radius 3 is 2.31 bits per heavy atom. The maximum Gasteiger partial charge on any atom is 0.188 e. The lowest BCUT2D eigenvalue weighted by Crippen LogP contribution is -2.24. The van der Waals surface area contributed by atoms with Crippen LogP contribution in [0.25, 0.3) is 0 Å². The van der Waals surface area contributed by atoms with Gasteiger partial charge in [-0.15, -0.1) is 0 Å². The van der Waals surface area contributed by atoms with Gasteiger partial charge in [0.05, 0.1) is 5.60 Å². The van der Waals surface area contributed by atoms with E-state index in [9.17, 15) is 5.11 Å². The Morgan fingerprint density at radius 1 is 1.23 bits per heavy atom. The molecule has 3 nitrogen and oxygen atoms in total. The van der Waals surface area contributed by atoms with Crippen LogP contribution in [-0.2, 0) is 9.78 Å². The largest absolute Gasteiger partial charge is 0.366 e. The summed E-state index contributed by atoms with van der Waals surface area (Å²) in [6, 6.07) is 0. The normalized spacial score (nSPS) is 14.5. The van der Waals surface area contributed by atoms with E-state index < -0.39 is 6.29 Å². The number of aliphatic hydroxyl groups excluding tert-OH is 1. The standard InChI is InChI=1S/C10H22O3/c1-5-6-7-8-9(11)12-13-10(2,3)4/h9,11H,5-8H2,1-4H3. The predicted molar refractivity (Wildman–Crippen MR) is 52.1 cm³/mol. The smallest absolute Gasteiger partial charge is 0.188 e. The third-order valence-electron chi connectivity index (χ3n) is 1.46. The summed E-state index contributed by atoms with van der Waals surface area (Å²) < 4.78 is 0. The Balaban J connectivity index is 3.35. The van der Waals surface area contributed by atoms with E-state index in [1.165, 1.54) is 0 Å². The fourth-order valence-electron chi connectivity index (χ4n) is 0.817. The van der Waals surface area contributed by atoms with E-state index in [0.717, 1.165) is 19.3 Å². The Labute approximate surface area is 81.0 Å². The van der Waals surface area contributed by atoms with Gasteiger partial charge in [0, 0.05) is 6.42 Å². The van der Waals surface area contributed by atoms with E-state index in [4.69, 9.17) is 9.78 Å². The van der Waals surface area contributed by atoms with Crippen molar-refractivity contribution in [2.45, 2.75) is 65.3 Å². The van der Waals surface area contributed by atoms with Crippen LogP contribution in [-0.4, -0.2) is 17.0 Å². The monoisotopic (exact) mass is 190 g/mol. The van der Waals surface area contributed by atoms with Crippen LogP contribution in [0.2, 0.25) is 0 Å². The molecule has 0 bridgehead atoms. The molecule has 1 N–H and O–H groups in total. The molecule has 1 atom stereocenters. The van der Waals surface area contributed by atoms with Crippen LogP contribution >= 0.6 is 0 Å². The van der Waals surface area contributed by atoms with E-state index in [2.05, 4.69) is 6.92 Å². The SMILES string of the molecule is CCCCCC(O)OOC(C)(C)C. The average Bonchev–Trinajstić information content (AvgIpc) is 2.00. The summed E-state index contributed by atoms with van der Waals surface area (Å²) in [5, 5.41) is 9.29. The van der Waals surface area contributed by atoms with Crippen molar-refractivity contribution >= 4 is 0 Å². The highest BCUT2D eigenvalue weighted by Gasteiger charge is 2.14. The first-order chi connectivity index (χ1) is 5.95. The predicted octanol–water partition coefficient (Wildman–Crippen LogP) is 2.63. The van der Waals surface area contributed by atoms with Crippen LogP contribution < -0.4 is 0 Å². The Bertz CT molecular complexity index is 118. The van der Waals surface area contributed by atoms with Gasteiger partial charge in [-0.2, -0.15) is 0 Å². The van der Waals surface area contributed by atoms with Gasteiger partial charge in [-0.25, -0.2) is 9.78 Å². The van der Waals surface area contributed by atoms with Crippen LogP contribution in [0, 0.1) is 0 Å². The van der Waals surface area contributed by atoms with Gasteiger partial charge in [0.2, 0.25) is 0 Å². The summed E-state index contributed by atoms with van der Waals surface area (Å²) in [6.45, 7) is 7.77. The minimum Gasteiger partial charge on any atom is -0.366 e. The third kappa shape index (κ3) is 9.80. The molecule has 0 fully saturated rings. The summed E-state index contributed by atoms with van der Waals surface area (Å²) in [5.74, 6) is 0. The Hall–Kier alpha value is -0.120. The van der Waals surface area contributed by atoms with Crippen molar-refractivity contribution in [1.82, 2.24) is 0 Å². The summed E-state index contributed by atoms with van der Waals surface area (Å²) >= 11 is 0. The molecular formula is C10H22O3. The summed E-state index contributed by atoms with van der Waals surface area (Å²) in [4.78, 5) is 9.78. The highest BCUT2D eigenvalue weighted by molar-refractivity contribution is 4.54. The molecule has 80 valence electrons. The molecule has 0 heterocycles. The first kappa shape index (κ1) is 12.9. The molecule has 0 aliphatic heterocycles. The first-order valence-electron chi connectivity index (χ1n) is 4.98. The van der Waals surface area contributed by atoms with Crippen LogP contribution in [0.1, 0.15) is 53.4 Å². The van der Waals surface area contributed by atoms with Crippen molar-refractivity contribution < 1.29 is 14.9 Å². The second kappa shape index (κ2) is 6.35. The lowest BCUT2D eigenvalue weighted by molar-refractivity contribution is -0.410. The zero-order valence-electron chi connectivity index (χ0n) is 9.17. The van der Waals surface area contributed by atoms with Crippen molar-refractivity contribution in [2.24, 2.45) is 0 Å². The first-order valence-corrected chi connectivity index (χ1v) is 4.98. The van der Waals surface area contributed by atoms with Crippen LogP contribution in [0.15, 0.2) is 0 Å². The fraction of sp³-hybridized carbons (Fsp3) is 1.00. The lowest BCUT2D eigenvalue weighted by atomic mass is 10.2. The van der Waals surface area contributed by atoms with E-state index >= 15 is 0 Å². The molecule has 0 aromatic heterocycles. The molecule has 0 saturated carbocycles. The van der Waals surface area contributed by atoms with E-state index in [-0.39, 0.29) is 5.60 Å². The molecular weight excluding hydrogens is 168 g/mol. The van der Waals surface area contributed by atoms with Crippen molar-refractivity contribution in [1.29, 1.82) is 0 Å².